The van der Waals surface area contributed by atoms with Gasteiger partial charge in [0.25, 0.3) is 0 Å². The van der Waals surface area contributed by atoms with Gasteiger partial charge >= 0.3 is 0 Å². The maximum atomic E-state index is 13.8. The number of thiophene rings is 1. The largest absolute Gasteiger partial charge is 0.497 e. The molecule has 0 bridgehead atoms. The zero-order chi connectivity index (χ0) is 24.0. The number of ether oxygens (including phenoxy) is 2. The maximum Gasteiger partial charge on any atom is 0.195 e. The van der Waals surface area contributed by atoms with Crippen molar-refractivity contribution in [2.24, 2.45) is 0 Å². The van der Waals surface area contributed by atoms with Crippen LogP contribution >= 0.6 is 11.3 Å². The molecule has 0 unspecified atom stereocenters. The summed E-state index contributed by atoms with van der Waals surface area (Å²) in [6.45, 7) is 4.22. The standard InChI is InChI=1S/C30H31NO3S/c1-33-25-15-16-26-27(21-25)35-30(23-9-4-2-3-5-10-23)28(26)29(32)22-11-13-24(14-12-22)34-20-8-19-31-17-6-7-18-31/h2-5,9,11-16,21H,6-8,10,17-20H2,1H3. The first-order chi connectivity index (χ1) is 17.2. The smallest absolute Gasteiger partial charge is 0.195 e. The number of rotatable bonds is 9. The fourth-order valence-corrected chi connectivity index (χ4v) is 5.99. The monoisotopic (exact) mass is 485 g/mol. The first kappa shape index (κ1) is 23.6. The van der Waals surface area contributed by atoms with Crippen molar-refractivity contribution in [3.63, 3.8) is 0 Å². The van der Waals surface area contributed by atoms with Gasteiger partial charge < -0.3 is 14.4 Å². The average molecular weight is 486 g/mol. The zero-order valence-electron chi connectivity index (χ0n) is 20.2. The molecule has 35 heavy (non-hydrogen) atoms. The molecule has 0 atom stereocenters. The highest BCUT2D eigenvalue weighted by atomic mass is 32.1. The molecule has 1 fully saturated rings. The van der Waals surface area contributed by atoms with E-state index in [1.165, 1.54) is 25.9 Å². The van der Waals surface area contributed by atoms with Gasteiger partial charge in [0.15, 0.2) is 5.78 Å². The Bertz CT molecular complexity index is 1280. The summed E-state index contributed by atoms with van der Waals surface area (Å²) in [5, 5.41) is 0.969. The van der Waals surface area contributed by atoms with Crippen LogP contribution in [0.3, 0.4) is 0 Å². The number of likely N-dealkylation sites (tertiary alicyclic amines) is 1. The molecule has 0 saturated carbocycles. The lowest BCUT2D eigenvalue weighted by molar-refractivity contribution is 0.104. The van der Waals surface area contributed by atoms with Gasteiger partial charge in [0.2, 0.25) is 0 Å². The fourth-order valence-electron chi connectivity index (χ4n) is 4.73. The summed E-state index contributed by atoms with van der Waals surface area (Å²) in [6, 6.07) is 13.5. The lowest BCUT2D eigenvalue weighted by Gasteiger charge is -2.14. The second-order valence-corrected chi connectivity index (χ2v) is 10.0. The first-order valence-electron chi connectivity index (χ1n) is 12.4. The topological polar surface area (TPSA) is 38.8 Å². The predicted octanol–water partition coefficient (Wildman–Crippen LogP) is 6.91. The van der Waals surface area contributed by atoms with E-state index in [4.69, 9.17) is 9.47 Å². The molecular weight excluding hydrogens is 454 g/mol. The number of hydrogen-bond donors (Lipinski definition) is 0. The van der Waals surface area contributed by atoms with E-state index < -0.39 is 0 Å². The molecule has 5 heteroatoms. The molecule has 0 spiro atoms. The Balaban J connectivity index is 1.37. The summed E-state index contributed by atoms with van der Waals surface area (Å²) in [6.07, 6.45) is 14.8. The highest BCUT2D eigenvalue weighted by molar-refractivity contribution is 7.20. The van der Waals surface area contributed by atoms with Crippen LogP contribution in [0, 0.1) is 0 Å². The number of benzene rings is 2. The molecule has 3 aromatic rings. The van der Waals surface area contributed by atoms with Gasteiger partial charge in [0.1, 0.15) is 11.5 Å². The van der Waals surface area contributed by atoms with Gasteiger partial charge in [-0.05, 0) is 86.8 Å². The first-order valence-corrected chi connectivity index (χ1v) is 13.2. The summed E-state index contributed by atoms with van der Waals surface area (Å²) in [7, 11) is 1.67. The van der Waals surface area contributed by atoms with Crippen molar-refractivity contribution in [3.8, 4) is 11.5 Å². The number of ketones is 1. The quantitative estimate of drug-likeness (QED) is 0.244. The van der Waals surface area contributed by atoms with Gasteiger partial charge in [-0.3, -0.25) is 4.79 Å². The van der Waals surface area contributed by atoms with Crippen LogP contribution in [0.4, 0.5) is 0 Å². The Morgan fingerprint density at radius 3 is 2.60 bits per heavy atom. The summed E-state index contributed by atoms with van der Waals surface area (Å²) in [5.74, 6) is 1.64. The number of carbonyl (C=O) groups is 1. The van der Waals surface area contributed by atoms with Crippen molar-refractivity contribution < 1.29 is 14.3 Å². The molecule has 1 saturated heterocycles. The minimum atomic E-state index is 0.0371. The molecule has 0 N–H and O–H groups in total. The van der Waals surface area contributed by atoms with Crippen molar-refractivity contribution in [1.29, 1.82) is 0 Å². The fraction of sp³-hybridized carbons (Fsp3) is 0.300. The predicted molar refractivity (Wildman–Crippen MR) is 145 cm³/mol. The van der Waals surface area contributed by atoms with E-state index in [2.05, 4.69) is 17.1 Å². The summed E-state index contributed by atoms with van der Waals surface area (Å²) >= 11 is 1.65. The van der Waals surface area contributed by atoms with E-state index in [0.29, 0.717) is 12.2 Å². The highest BCUT2D eigenvalue weighted by Gasteiger charge is 2.23. The van der Waals surface area contributed by atoms with Crippen LogP contribution in [0.15, 0.2) is 72.8 Å². The molecule has 2 aromatic carbocycles. The number of hydrogen-bond acceptors (Lipinski definition) is 5. The van der Waals surface area contributed by atoms with Gasteiger partial charge in [-0.15, -0.1) is 11.3 Å². The molecule has 1 aliphatic carbocycles. The van der Waals surface area contributed by atoms with Crippen molar-refractivity contribution >= 4 is 32.8 Å². The van der Waals surface area contributed by atoms with Crippen LogP contribution in [0.25, 0.3) is 15.7 Å². The lowest BCUT2D eigenvalue weighted by Crippen LogP contribution is -2.21. The Labute approximate surface area is 211 Å². The highest BCUT2D eigenvalue weighted by Crippen LogP contribution is 2.40. The Morgan fingerprint density at radius 2 is 1.80 bits per heavy atom. The molecule has 5 rings (SSSR count). The van der Waals surface area contributed by atoms with Crippen LogP contribution in [0.5, 0.6) is 11.5 Å². The van der Waals surface area contributed by atoms with Crippen LogP contribution < -0.4 is 9.47 Å². The van der Waals surface area contributed by atoms with Crippen LogP contribution in [-0.4, -0.2) is 44.0 Å². The molecule has 180 valence electrons. The van der Waals surface area contributed by atoms with Gasteiger partial charge in [-0.2, -0.15) is 0 Å². The minimum absolute atomic E-state index is 0.0371. The van der Waals surface area contributed by atoms with E-state index >= 15 is 0 Å². The third-order valence-electron chi connectivity index (χ3n) is 6.61. The number of methoxy groups -OCH3 is 1. The van der Waals surface area contributed by atoms with E-state index in [0.717, 1.165) is 57.0 Å². The second kappa shape index (κ2) is 11.1. The van der Waals surface area contributed by atoms with Crippen LogP contribution in [0.2, 0.25) is 0 Å². The van der Waals surface area contributed by atoms with Crippen molar-refractivity contribution in [1.82, 2.24) is 4.90 Å². The van der Waals surface area contributed by atoms with Crippen molar-refractivity contribution in [2.75, 3.05) is 33.4 Å². The van der Waals surface area contributed by atoms with E-state index in [-0.39, 0.29) is 5.78 Å². The number of fused-ring (bicyclic) bond motifs is 1. The molecule has 4 nitrogen and oxygen atoms in total. The van der Waals surface area contributed by atoms with Crippen LogP contribution in [-0.2, 0) is 0 Å². The summed E-state index contributed by atoms with van der Waals surface area (Å²) < 4.78 is 12.4. The molecule has 1 aliphatic heterocycles. The van der Waals surface area contributed by atoms with Crippen molar-refractivity contribution in [2.45, 2.75) is 25.7 Å². The maximum absolute atomic E-state index is 13.8. The van der Waals surface area contributed by atoms with Gasteiger partial charge in [0.05, 0.1) is 13.7 Å². The number of nitrogens with zero attached hydrogens (tertiary/aromatic N) is 1. The lowest BCUT2D eigenvalue weighted by atomic mass is 9.96. The summed E-state index contributed by atoms with van der Waals surface area (Å²) in [4.78, 5) is 17.3. The molecule has 2 aliphatic rings. The van der Waals surface area contributed by atoms with Crippen molar-refractivity contribution in [3.05, 3.63) is 88.8 Å². The van der Waals surface area contributed by atoms with E-state index in [9.17, 15) is 4.79 Å². The third-order valence-corrected chi connectivity index (χ3v) is 7.84. The zero-order valence-corrected chi connectivity index (χ0v) is 21.0. The summed E-state index contributed by atoms with van der Waals surface area (Å²) in [5.41, 5.74) is 2.59. The van der Waals surface area contributed by atoms with Gasteiger partial charge in [-0.1, -0.05) is 30.4 Å². The molecule has 0 radical (unpaired) electrons. The molecule has 0 amide bonds. The van der Waals surface area contributed by atoms with E-state index in [1.807, 2.05) is 60.7 Å². The average Bonchev–Trinajstić information content (AvgIpc) is 3.46. The Morgan fingerprint density at radius 1 is 1.00 bits per heavy atom. The Kier molecular flexibility index (Phi) is 7.45. The normalized spacial score (nSPS) is 15.9. The van der Waals surface area contributed by atoms with Crippen LogP contribution in [0.1, 0.15) is 46.5 Å². The molecule has 1 aromatic heterocycles. The second-order valence-electron chi connectivity index (χ2n) is 8.98. The molecule has 2 heterocycles. The third kappa shape index (κ3) is 5.42. The SMILES string of the molecule is COc1ccc2c(C(=O)c3ccc(OCCCN4CCCC4)cc3)c(C3=CC=CC=CC3)sc2c1. The van der Waals surface area contributed by atoms with E-state index in [1.54, 1.807) is 18.4 Å². The Hall–Kier alpha value is -3.15. The van der Waals surface area contributed by atoms with Gasteiger partial charge in [-0.25, -0.2) is 0 Å². The number of carbonyl (C=O) groups excluding carboxylic acids is 1. The molecular formula is C30H31NO3S. The number of allylic oxidation sites excluding steroid dienone is 6. The minimum Gasteiger partial charge on any atom is -0.497 e. The van der Waals surface area contributed by atoms with Gasteiger partial charge in [0, 0.05) is 32.6 Å².